The molecule has 0 aliphatic carbocycles. The van der Waals surface area contributed by atoms with E-state index in [1.54, 1.807) is 16.8 Å². The second-order valence-electron chi connectivity index (χ2n) is 3.61. The molecule has 17 heavy (non-hydrogen) atoms. The Morgan fingerprint density at radius 1 is 1.41 bits per heavy atom. The summed E-state index contributed by atoms with van der Waals surface area (Å²) in [5.74, 6) is -0.382. The van der Waals surface area contributed by atoms with Gasteiger partial charge in [0.1, 0.15) is 5.82 Å². The number of halogens is 1. The van der Waals surface area contributed by atoms with Crippen LogP contribution < -0.4 is 0 Å². The van der Waals surface area contributed by atoms with Crippen molar-refractivity contribution in [3.05, 3.63) is 41.3 Å². The van der Waals surface area contributed by atoms with Gasteiger partial charge in [-0.3, -0.25) is 4.68 Å². The van der Waals surface area contributed by atoms with Crippen LogP contribution in [0.2, 0.25) is 0 Å². The minimum absolute atomic E-state index is 0.327. The topological polar surface area (TPSA) is 41.6 Å². The molecule has 0 amide bonds. The molecule has 86 valence electrons. The van der Waals surface area contributed by atoms with E-state index in [0.29, 0.717) is 10.5 Å². The first-order valence-corrected chi connectivity index (χ1v) is 5.80. The van der Waals surface area contributed by atoms with E-state index >= 15 is 0 Å². The minimum atomic E-state index is -0.382. The Morgan fingerprint density at radius 2 is 2.18 bits per heavy atom. The van der Waals surface area contributed by atoms with Crippen molar-refractivity contribution in [3.8, 4) is 6.07 Å². The van der Waals surface area contributed by atoms with Crippen molar-refractivity contribution >= 4 is 11.8 Å². The highest BCUT2D eigenvalue weighted by Crippen LogP contribution is 2.30. The lowest BCUT2D eigenvalue weighted by Gasteiger charge is -2.03. The number of nitrogens with zero attached hydrogens (tertiary/aromatic N) is 3. The van der Waals surface area contributed by atoms with Gasteiger partial charge in [0.2, 0.25) is 0 Å². The minimum Gasteiger partial charge on any atom is -0.262 e. The van der Waals surface area contributed by atoms with Gasteiger partial charge in [0.15, 0.2) is 0 Å². The molecule has 0 fully saturated rings. The molecule has 0 spiro atoms. The number of benzene rings is 1. The molecule has 3 nitrogen and oxygen atoms in total. The highest BCUT2D eigenvalue weighted by atomic mass is 32.2. The number of aromatic nitrogens is 2. The molecule has 0 aliphatic heterocycles. The van der Waals surface area contributed by atoms with E-state index in [2.05, 4.69) is 5.10 Å². The van der Waals surface area contributed by atoms with Crippen molar-refractivity contribution in [2.24, 2.45) is 7.05 Å². The van der Waals surface area contributed by atoms with Gasteiger partial charge in [0.05, 0.1) is 22.4 Å². The molecular weight excluding hydrogens is 237 g/mol. The molecule has 0 radical (unpaired) electrons. The molecule has 2 rings (SSSR count). The lowest BCUT2D eigenvalue weighted by molar-refractivity contribution is 0.600. The lowest BCUT2D eigenvalue weighted by atomic mass is 10.2. The molecule has 0 aliphatic rings. The van der Waals surface area contributed by atoms with Crippen LogP contribution in [0.4, 0.5) is 4.39 Å². The van der Waals surface area contributed by atoms with Gasteiger partial charge in [-0.1, -0.05) is 11.8 Å². The van der Waals surface area contributed by atoms with E-state index in [1.807, 2.05) is 26.1 Å². The van der Waals surface area contributed by atoms with Crippen molar-refractivity contribution in [1.29, 1.82) is 5.26 Å². The van der Waals surface area contributed by atoms with E-state index in [4.69, 9.17) is 5.26 Å². The van der Waals surface area contributed by atoms with Crippen LogP contribution in [0.3, 0.4) is 0 Å². The van der Waals surface area contributed by atoms with Crippen LogP contribution >= 0.6 is 11.8 Å². The van der Waals surface area contributed by atoms with E-state index in [1.165, 1.54) is 17.8 Å². The van der Waals surface area contributed by atoms with E-state index in [-0.39, 0.29) is 5.82 Å². The smallest absolute Gasteiger partial charge is 0.138 e. The van der Waals surface area contributed by atoms with Crippen LogP contribution in [0.15, 0.2) is 34.2 Å². The maximum atomic E-state index is 13.7. The predicted molar refractivity (Wildman–Crippen MR) is 63.2 cm³/mol. The molecule has 0 saturated heterocycles. The predicted octanol–water partition coefficient (Wildman–Crippen LogP) is 2.89. The van der Waals surface area contributed by atoms with Crippen LogP contribution in [0, 0.1) is 24.1 Å². The Hall–Kier alpha value is -1.80. The summed E-state index contributed by atoms with van der Waals surface area (Å²) in [5, 5.41) is 13.7. The maximum Gasteiger partial charge on any atom is 0.138 e. The molecule has 0 saturated carbocycles. The first-order valence-electron chi connectivity index (χ1n) is 4.98. The zero-order chi connectivity index (χ0) is 12.4. The van der Waals surface area contributed by atoms with Gasteiger partial charge in [-0.2, -0.15) is 10.4 Å². The van der Waals surface area contributed by atoms with E-state index in [0.717, 1.165) is 10.7 Å². The maximum absolute atomic E-state index is 13.7. The summed E-state index contributed by atoms with van der Waals surface area (Å²) in [6.07, 6.45) is 0. The lowest BCUT2D eigenvalue weighted by Crippen LogP contribution is -1.93. The number of rotatable bonds is 2. The highest BCUT2D eigenvalue weighted by molar-refractivity contribution is 7.99. The van der Waals surface area contributed by atoms with Crippen LogP contribution in [0.1, 0.15) is 11.3 Å². The Morgan fingerprint density at radius 3 is 2.71 bits per heavy atom. The standard InChI is InChI=1S/C12H10FN3S/c1-8-5-12(16(2)15-8)17-11-4-3-9(7-14)6-10(11)13/h3-6H,1-2H3. The summed E-state index contributed by atoms with van der Waals surface area (Å²) in [7, 11) is 1.82. The second kappa shape index (κ2) is 4.60. The van der Waals surface area contributed by atoms with Crippen molar-refractivity contribution < 1.29 is 4.39 Å². The summed E-state index contributed by atoms with van der Waals surface area (Å²) in [5.41, 5.74) is 1.22. The molecule has 1 aromatic carbocycles. The fourth-order valence-electron chi connectivity index (χ4n) is 1.45. The molecule has 1 aromatic heterocycles. The Balaban J connectivity index is 2.31. The molecule has 5 heteroatoms. The summed E-state index contributed by atoms with van der Waals surface area (Å²) in [6.45, 7) is 1.89. The van der Waals surface area contributed by atoms with Gasteiger partial charge in [-0.25, -0.2) is 4.39 Å². The fraction of sp³-hybridized carbons (Fsp3) is 0.167. The summed E-state index contributed by atoms with van der Waals surface area (Å²) >= 11 is 1.30. The summed E-state index contributed by atoms with van der Waals surface area (Å²) in [4.78, 5) is 0.493. The van der Waals surface area contributed by atoms with Gasteiger partial charge >= 0.3 is 0 Å². The van der Waals surface area contributed by atoms with Crippen molar-refractivity contribution in [2.75, 3.05) is 0 Å². The summed E-state index contributed by atoms with van der Waals surface area (Å²) in [6, 6.07) is 8.26. The SMILES string of the molecule is Cc1cc(Sc2ccc(C#N)cc2F)n(C)n1. The number of nitriles is 1. The van der Waals surface area contributed by atoms with Crippen molar-refractivity contribution in [2.45, 2.75) is 16.8 Å². The van der Waals surface area contributed by atoms with Crippen molar-refractivity contribution in [3.63, 3.8) is 0 Å². The average Bonchev–Trinajstić information content (AvgIpc) is 2.60. The molecule has 1 heterocycles. The normalized spacial score (nSPS) is 10.2. The first-order chi connectivity index (χ1) is 8.10. The molecular formula is C12H10FN3S. The Kier molecular flexibility index (Phi) is 3.16. The number of hydrogen-bond acceptors (Lipinski definition) is 3. The zero-order valence-corrected chi connectivity index (χ0v) is 10.3. The quantitative estimate of drug-likeness (QED) is 0.819. The second-order valence-corrected chi connectivity index (χ2v) is 4.67. The van der Waals surface area contributed by atoms with Crippen LogP contribution in [-0.2, 0) is 7.05 Å². The van der Waals surface area contributed by atoms with Gasteiger partial charge in [-0.15, -0.1) is 0 Å². The monoisotopic (exact) mass is 247 g/mol. The third-order valence-electron chi connectivity index (χ3n) is 2.23. The number of hydrogen-bond donors (Lipinski definition) is 0. The molecule has 0 N–H and O–H groups in total. The van der Waals surface area contributed by atoms with Gasteiger partial charge in [0.25, 0.3) is 0 Å². The van der Waals surface area contributed by atoms with E-state index < -0.39 is 0 Å². The van der Waals surface area contributed by atoms with Gasteiger partial charge in [-0.05, 0) is 31.2 Å². The zero-order valence-electron chi connectivity index (χ0n) is 9.44. The third kappa shape index (κ3) is 2.48. The molecule has 0 atom stereocenters. The third-order valence-corrected chi connectivity index (χ3v) is 3.38. The largest absolute Gasteiger partial charge is 0.262 e. The van der Waals surface area contributed by atoms with Crippen LogP contribution in [0.5, 0.6) is 0 Å². The molecule has 0 bridgehead atoms. The molecule has 2 aromatic rings. The average molecular weight is 247 g/mol. The Labute approximate surface area is 103 Å². The van der Waals surface area contributed by atoms with Gasteiger partial charge in [0, 0.05) is 11.9 Å². The fourth-order valence-corrected chi connectivity index (χ4v) is 2.37. The molecule has 0 unspecified atom stereocenters. The van der Waals surface area contributed by atoms with Crippen LogP contribution in [-0.4, -0.2) is 9.78 Å². The first kappa shape index (κ1) is 11.7. The summed E-state index contributed by atoms with van der Waals surface area (Å²) < 4.78 is 15.4. The van der Waals surface area contributed by atoms with Crippen molar-refractivity contribution in [1.82, 2.24) is 9.78 Å². The highest BCUT2D eigenvalue weighted by Gasteiger charge is 2.09. The van der Waals surface area contributed by atoms with Gasteiger partial charge < -0.3 is 0 Å². The van der Waals surface area contributed by atoms with Crippen LogP contribution in [0.25, 0.3) is 0 Å². The Bertz CT molecular complexity index is 598. The van der Waals surface area contributed by atoms with E-state index in [9.17, 15) is 4.39 Å². The number of aryl methyl sites for hydroxylation is 2.